The number of rotatable bonds is 3. The third kappa shape index (κ3) is 2.69. The average Bonchev–Trinajstić information content (AvgIpc) is 3.01. The van der Waals surface area contributed by atoms with E-state index in [4.69, 9.17) is 0 Å². The number of aryl methyl sites for hydroxylation is 1. The van der Waals surface area contributed by atoms with E-state index in [2.05, 4.69) is 34.3 Å². The molecule has 1 atom stereocenters. The maximum atomic E-state index is 12.6. The van der Waals surface area contributed by atoms with Crippen LogP contribution in [0.2, 0.25) is 0 Å². The van der Waals surface area contributed by atoms with E-state index in [1.54, 1.807) is 11.2 Å². The molecule has 21 heavy (non-hydrogen) atoms. The van der Waals surface area contributed by atoms with Gasteiger partial charge in [0.15, 0.2) is 0 Å². The molecule has 5 heteroatoms. The molecule has 1 aromatic heterocycles. The zero-order valence-electron chi connectivity index (χ0n) is 12.4. The molecular formula is C16H20N4O. The number of H-pyrrole nitrogens is 1. The molecule has 110 valence electrons. The lowest BCUT2D eigenvalue weighted by molar-refractivity contribution is -0.120. The second kappa shape index (κ2) is 5.69. The van der Waals surface area contributed by atoms with Gasteiger partial charge in [0.2, 0.25) is 5.91 Å². The highest BCUT2D eigenvalue weighted by atomic mass is 16.2. The third-order valence-electron chi connectivity index (χ3n) is 4.09. The van der Waals surface area contributed by atoms with Crippen molar-refractivity contribution in [3.63, 3.8) is 0 Å². The van der Waals surface area contributed by atoms with E-state index in [9.17, 15) is 4.79 Å². The number of likely N-dealkylation sites (N-methyl/N-ethyl adjacent to an activating group) is 1. The van der Waals surface area contributed by atoms with Crippen LogP contribution in [0.5, 0.6) is 0 Å². The number of carbonyl (C=O) groups is 1. The minimum Gasteiger partial charge on any atom is -0.347 e. The topological polar surface area (TPSA) is 61.0 Å². The van der Waals surface area contributed by atoms with Crippen LogP contribution in [-0.2, 0) is 24.2 Å². The molecule has 1 unspecified atom stereocenters. The minimum absolute atomic E-state index is 0.0768. The molecule has 1 aliphatic heterocycles. The van der Waals surface area contributed by atoms with Crippen LogP contribution in [0.3, 0.4) is 0 Å². The average molecular weight is 284 g/mol. The van der Waals surface area contributed by atoms with Crippen LogP contribution >= 0.6 is 0 Å². The fraction of sp³-hybridized carbons (Fsp3) is 0.375. The maximum absolute atomic E-state index is 12.6. The van der Waals surface area contributed by atoms with Gasteiger partial charge in [0.05, 0.1) is 23.8 Å². The van der Waals surface area contributed by atoms with Crippen molar-refractivity contribution < 1.29 is 4.79 Å². The van der Waals surface area contributed by atoms with Crippen LogP contribution in [0.25, 0.3) is 0 Å². The summed E-state index contributed by atoms with van der Waals surface area (Å²) in [4.78, 5) is 21.7. The van der Waals surface area contributed by atoms with Crippen molar-refractivity contribution in [1.29, 1.82) is 0 Å². The van der Waals surface area contributed by atoms with Crippen LogP contribution in [-0.4, -0.2) is 29.0 Å². The van der Waals surface area contributed by atoms with Crippen molar-refractivity contribution in [2.45, 2.75) is 32.4 Å². The number of imidazole rings is 1. The molecule has 1 amide bonds. The van der Waals surface area contributed by atoms with Crippen LogP contribution in [0.4, 0.5) is 5.69 Å². The summed E-state index contributed by atoms with van der Waals surface area (Å²) in [6, 6.07) is 7.93. The molecule has 0 radical (unpaired) electrons. The van der Waals surface area contributed by atoms with Gasteiger partial charge in [-0.2, -0.15) is 0 Å². The van der Waals surface area contributed by atoms with Crippen molar-refractivity contribution in [3.05, 3.63) is 47.5 Å². The number of aromatic amines is 1. The quantitative estimate of drug-likeness (QED) is 0.901. The molecule has 0 fully saturated rings. The Balaban J connectivity index is 1.72. The van der Waals surface area contributed by atoms with Gasteiger partial charge in [-0.3, -0.25) is 10.1 Å². The Labute approximate surface area is 124 Å². The Bertz CT molecular complexity index is 632. The fourth-order valence-electron chi connectivity index (χ4n) is 2.66. The lowest BCUT2D eigenvalue weighted by Gasteiger charge is -2.27. The number of benzene rings is 1. The van der Waals surface area contributed by atoms with Gasteiger partial charge < -0.3 is 9.88 Å². The Morgan fingerprint density at radius 1 is 1.38 bits per heavy atom. The van der Waals surface area contributed by atoms with E-state index in [1.165, 1.54) is 5.56 Å². The van der Waals surface area contributed by atoms with Gasteiger partial charge in [-0.1, -0.05) is 19.1 Å². The zero-order chi connectivity index (χ0) is 14.8. The van der Waals surface area contributed by atoms with Crippen molar-refractivity contribution >= 4 is 11.6 Å². The molecule has 0 saturated heterocycles. The molecule has 0 bridgehead atoms. The van der Waals surface area contributed by atoms with Gasteiger partial charge in [0.25, 0.3) is 0 Å². The standard InChI is InChI=1S/C16H20N4O/c1-3-11-4-6-12(7-5-11)20(2)16(21)14-8-13-15(9-17-14)19-10-18-13/h4-7,10,14,17H,3,8-9H2,1-2H3,(H,18,19). The lowest BCUT2D eigenvalue weighted by atomic mass is 10.0. The van der Waals surface area contributed by atoms with E-state index in [1.807, 2.05) is 19.2 Å². The van der Waals surface area contributed by atoms with Crippen molar-refractivity contribution in [2.75, 3.05) is 11.9 Å². The summed E-state index contributed by atoms with van der Waals surface area (Å²) in [6.45, 7) is 2.78. The highest BCUT2D eigenvalue weighted by molar-refractivity contribution is 5.97. The van der Waals surface area contributed by atoms with E-state index >= 15 is 0 Å². The van der Waals surface area contributed by atoms with Crippen molar-refractivity contribution in [3.8, 4) is 0 Å². The molecule has 2 heterocycles. The first-order valence-corrected chi connectivity index (χ1v) is 7.30. The molecule has 2 aromatic rings. The van der Waals surface area contributed by atoms with Crippen LogP contribution < -0.4 is 10.2 Å². The van der Waals surface area contributed by atoms with Gasteiger partial charge in [0, 0.05) is 25.7 Å². The number of carbonyl (C=O) groups excluding carboxylic acids is 1. The van der Waals surface area contributed by atoms with Crippen LogP contribution in [0.1, 0.15) is 23.9 Å². The smallest absolute Gasteiger partial charge is 0.244 e. The number of amides is 1. The van der Waals surface area contributed by atoms with Crippen molar-refractivity contribution in [2.24, 2.45) is 0 Å². The summed E-state index contributed by atoms with van der Waals surface area (Å²) >= 11 is 0. The molecular weight excluding hydrogens is 264 g/mol. The predicted molar refractivity (Wildman–Crippen MR) is 82.1 cm³/mol. The highest BCUT2D eigenvalue weighted by Gasteiger charge is 2.28. The fourth-order valence-corrected chi connectivity index (χ4v) is 2.66. The van der Waals surface area contributed by atoms with E-state index in [0.717, 1.165) is 23.5 Å². The first-order valence-electron chi connectivity index (χ1n) is 7.30. The SMILES string of the molecule is CCc1ccc(N(C)C(=O)C2Cc3nc[nH]c3CN2)cc1. The molecule has 5 nitrogen and oxygen atoms in total. The Morgan fingerprint density at radius 2 is 2.14 bits per heavy atom. The van der Waals surface area contributed by atoms with E-state index in [-0.39, 0.29) is 11.9 Å². The molecule has 0 saturated carbocycles. The zero-order valence-corrected chi connectivity index (χ0v) is 12.4. The molecule has 2 N–H and O–H groups in total. The second-order valence-electron chi connectivity index (χ2n) is 5.38. The summed E-state index contributed by atoms with van der Waals surface area (Å²) in [5, 5.41) is 3.27. The van der Waals surface area contributed by atoms with E-state index in [0.29, 0.717) is 13.0 Å². The molecule has 0 aliphatic carbocycles. The summed E-state index contributed by atoms with van der Waals surface area (Å²) < 4.78 is 0. The first-order chi connectivity index (χ1) is 10.2. The number of nitrogens with one attached hydrogen (secondary N) is 2. The Hall–Kier alpha value is -2.14. The maximum Gasteiger partial charge on any atom is 0.244 e. The first kappa shape index (κ1) is 13.8. The van der Waals surface area contributed by atoms with Gasteiger partial charge in [0.1, 0.15) is 0 Å². The number of hydrogen-bond acceptors (Lipinski definition) is 3. The number of nitrogens with zero attached hydrogens (tertiary/aromatic N) is 2. The molecule has 0 spiro atoms. The lowest BCUT2D eigenvalue weighted by Crippen LogP contribution is -2.48. The van der Waals surface area contributed by atoms with Gasteiger partial charge in [-0.25, -0.2) is 4.98 Å². The number of anilines is 1. The predicted octanol–water partition coefficient (Wildman–Crippen LogP) is 1.65. The molecule has 1 aromatic carbocycles. The highest BCUT2D eigenvalue weighted by Crippen LogP contribution is 2.18. The summed E-state index contributed by atoms with van der Waals surface area (Å²) in [5.74, 6) is 0.0768. The third-order valence-corrected chi connectivity index (χ3v) is 4.09. The van der Waals surface area contributed by atoms with Gasteiger partial charge >= 0.3 is 0 Å². The molecule has 3 rings (SSSR count). The van der Waals surface area contributed by atoms with E-state index < -0.39 is 0 Å². The summed E-state index contributed by atoms with van der Waals surface area (Å²) in [6.07, 6.45) is 3.32. The van der Waals surface area contributed by atoms with Crippen LogP contribution in [0.15, 0.2) is 30.6 Å². The molecule has 1 aliphatic rings. The van der Waals surface area contributed by atoms with Crippen LogP contribution in [0, 0.1) is 0 Å². The van der Waals surface area contributed by atoms with Gasteiger partial charge in [-0.15, -0.1) is 0 Å². The van der Waals surface area contributed by atoms with Crippen molar-refractivity contribution in [1.82, 2.24) is 15.3 Å². The minimum atomic E-state index is -0.211. The largest absolute Gasteiger partial charge is 0.347 e. The number of aromatic nitrogens is 2. The number of hydrogen-bond donors (Lipinski definition) is 2. The second-order valence-corrected chi connectivity index (χ2v) is 5.38. The summed E-state index contributed by atoms with van der Waals surface area (Å²) in [7, 11) is 1.82. The Morgan fingerprint density at radius 3 is 2.86 bits per heavy atom. The number of fused-ring (bicyclic) bond motifs is 1. The normalized spacial score (nSPS) is 17.3. The van der Waals surface area contributed by atoms with Gasteiger partial charge in [-0.05, 0) is 24.1 Å². The Kier molecular flexibility index (Phi) is 3.75. The summed E-state index contributed by atoms with van der Waals surface area (Å²) in [5.41, 5.74) is 4.26. The monoisotopic (exact) mass is 284 g/mol.